The molecule has 28 heavy (non-hydrogen) atoms. The molecule has 7 heteroatoms. The minimum atomic E-state index is -0.354. The van der Waals surface area contributed by atoms with Crippen LogP contribution in [-0.4, -0.2) is 16.9 Å². The molecule has 0 fully saturated rings. The van der Waals surface area contributed by atoms with Gasteiger partial charge in [0.1, 0.15) is 0 Å². The first-order chi connectivity index (χ1) is 13.4. The monoisotopic (exact) mass is 393 g/mol. The van der Waals surface area contributed by atoms with Crippen LogP contribution in [0.3, 0.4) is 0 Å². The van der Waals surface area contributed by atoms with E-state index in [4.69, 9.17) is 16.6 Å². The van der Waals surface area contributed by atoms with Crippen LogP contribution in [0.1, 0.15) is 32.0 Å². The van der Waals surface area contributed by atoms with Gasteiger partial charge in [0.15, 0.2) is 10.9 Å². The molecular weight excluding hydrogens is 374 g/mol. The molecule has 0 bridgehead atoms. The number of thiocarbonyl (C=S) groups is 1. The molecule has 3 rings (SSSR count). The molecule has 3 aromatic rings. The van der Waals surface area contributed by atoms with Crippen molar-refractivity contribution in [2.45, 2.75) is 13.8 Å². The molecule has 0 aliphatic rings. The van der Waals surface area contributed by atoms with Gasteiger partial charge in [-0.2, -0.15) is 0 Å². The van der Waals surface area contributed by atoms with Crippen LogP contribution in [0.25, 0.3) is 0 Å². The van der Waals surface area contributed by atoms with Crippen molar-refractivity contribution in [2.24, 2.45) is 0 Å². The summed E-state index contributed by atoms with van der Waals surface area (Å²) in [6.45, 7) is 3.94. The van der Waals surface area contributed by atoms with E-state index in [1.54, 1.807) is 42.5 Å². The third-order valence-corrected chi connectivity index (χ3v) is 4.32. The Labute approximate surface area is 167 Å². The maximum atomic E-state index is 12.3. The lowest BCUT2D eigenvalue weighted by atomic mass is 10.1. The Balaban J connectivity index is 1.61. The normalized spacial score (nSPS) is 10.2. The van der Waals surface area contributed by atoms with E-state index < -0.39 is 0 Å². The van der Waals surface area contributed by atoms with Gasteiger partial charge in [-0.05, 0) is 79.7 Å². The second-order valence-electron chi connectivity index (χ2n) is 6.22. The van der Waals surface area contributed by atoms with Crippen molar-refractivity contribution in [1.29, 1.82) is 0 Å². The van der Waals surface area contributed by atoms with Gasteiger partial charge in [-0.15, -0.1) is 0 Å². The van der Waals surface area contributed by atoms with Gasteiger partial charge in [-0.25, -0.2) is 0 Å². The van der Waals surface area contributed by atoms with E-state index in [0.29, 0.717) is 16.9 Å². The molecule has 0 aliphatic heterocycles. The quantitative estimate of drug-likeness (QED) is 0.577. The zero-order valence-electron chi connectivity index (χ0n) is 15.4. The van der Waals surface area contributed by atoms with E-state index in [0.717, 1.165) is 11.1 Å². The number of amides is 2. The predicted molar refractivity (Wildman–Crippen MR) is 113 cm³/mol. The van der Waals surface area contributed by atoms with Crippen LogP contribution in [0.4, 0.5) is 11.4 Å². The van der Waals surface area contributed by atoms with E-state index in [9.17, 15) is 9.59 Å². The summed E-state index contributed by atoms with van der Waals surface area (Å²) in [6, 6.07) is 15.7. The number of carbonyl (C=O) groups excluding carboxylic acids is 2. The van der Waals surface area contributed by atoms with Crippen molar-refractivity contribution < 1.29 is 14.0 Å². The Morgan fingerprint density at radius 3 is 2.29 bits per heavy atom. The highest BCUT2D eigenvalue weighted by Gasteiger charge is 2.11. The number of furan rings is 1. The molecule has 1 heterocycles. The fraction of sp³-hybridized carbons (Fsp3) is 0.0952. The molecule has 0 aliphatic carbocycles. The van der Waals surface area contributed by atoms with Crippen LogP contribution in [0.15, 0.2) is 65.3 Å². The zero-order chi connectivity index (χ0) is 20.1. The smallest absolute Gasteiger partial charge is 0.291 e. The minimum Gasteiger partial charge on any atom is -0.459 e. The zero-order valence-corrected chi connectivity index (χ0v) is 16.2. The van der Waals surface area contributed by atoms with Gasteiger partial charge in [-0.3, -0.25) is 14.9 Å². The molecule has 0 saturated carbocycles. The van der Waals surface area contributed by atoms with Crippen molar-refractivity contribution in [2.75, 3.05) is 10.6 Å². The average Bonchev–Trinajstić information content (AvgIpc) is 3.19. The predicted octanol–water partition coefficient (Wildman–Crippen LogP) is 4.28. The van der Waals surface area contributed by atoms with Crippen molar-refractivity contribution in [3.8, 4) is 0 Å². The highest BCUT2D eigenvalue weighted by Crippen LogP contribution is 2.16. The Morgan fingerprint density at radius 1 is 0.857 bits per heavy atom. The number of benzene rings is 2. The van der Waals surface area contributed by atoms with Crippen molar-refractivity contribution in [1.82, 2.24) is 5.32 Å². The molecule has 0 radical (unpaired) electrons. The average molecular weight is 393 g/mol. The fourth-order valence-corrected chi connectivity index (χ4v) is 2.71. The van der Waals surface area contributed by atoms with Gasteiger partial charge in [0.05, 0.1) is 6.26 Å². The lowest BCUT2D eigenvalue weighted by molar-refractivity contribution is 0.0975. The number of hydrogen-bond donors (Lipinski definition) is 3. The first kappa shape index (κ1) is 19.3. The maximum absolute atomic E-state index is 12.3. The van der Waals surface area contributed by atoms with Crippen LogP contribution < -0.4 is 16.0 Å². The number of hydrogen-bond acceptors (Lipinski definition) is 4. The molecule has 0 unspecified atom stereocenters. The fourth-order valence-electron chi connectivity index (χ4n) is 2.50. The summed E-state index contributed by atoms with van der Waals surface area (Å²) in [5, 5.41) is 8.49. The van der Waals surface area contributed by atoms with Gasteiger partial charge in [0.2, 0.25) is 0 Å². The number of carbonyl (C=O) groups is 2. The van der Waals surface area contributed by atoms with Crippen LogP contribution in [0.2, 0.25) is 0 Å². The lowest BCUT2D eigenvalue weighted by Gasteiger charge is -2.12. The molecule has 0 spiro atoms. The van der Waals surface area contributed by atoms with Crippen LogP contribution >= 0.6 is 12.2 Å². The summed E-state index contributed by atoms with van der Waals surface area (Å²) >= 11 is 5.22. The standard InChI is InChI=1S/C21H19N3O3S/c1-13-8-9-15(11-14(13)2)19(25)24-21(28)23-17-6-3-5-16(12-17)22-20(26)18-7-4-10-27-18/h3-12H,1-2H3,(H,22,26)(H2,23,24,25,28). The SMILES string of the molecule is Cc1ccc(C(=O)NC(=S)Nc2cccc(NC(=O)c3ccco3)c2)cc1C. The topological polar surface area (TPSA) is 83.4 Å². The van der Waals surface area contributed by atoms with Gasteiger partial charge in [0.25, 0.3) is 11.8 Å². The molecule has 6 nitrogen and oxygen atoms in total. The van der Waals surface area contributed by atoms with Crippen LogP contribution in [-0.2, 0) is 0 Å². The molecule has 142 valence electrons. The van der Waals surface area contributed by atoms with Gasteiger partial charge < -0.3 is 15.1 Å². The van der Waals surface area contributed by atoms with Gasteiger partial charge in [0, 0.05) is 16.9 Å². The Bertz CT molecular complexity index is 1030. The molecule has 0 atom stereocenters. The second-order valence-corrected chi connectivity index (χ2v) is 6.63. The Kier molecular flexibility index (Phi) is 5.86. The molecule has 1 aromatic heterocycles. The van der Waals surface area contributed by atoms with E-state index in [-0.39, 0.29) is 22.7 Å². The molecule has 0 saturated heterocycles. The minimum absolute atomic E-state index is 0.165. The third kappa shape index (κ3) is 4.83. The summed E-state index contributed by atoms with van der Waals surface area (Å²) in [4.78, 5) is 24.4. The van der Waals surface area contributed by atoms with Crippen molar-refractivity contribution >= 4 is 40.5 Å². The number of nitrogens with one attached hydrogen (secondary N) is 3. The van der Waals surface area contributed by atoms with E-state index in [1.165, 1.54) is 6.26 Å². The second kappa shape index (κ2) is 8.49. The highest BCUT2D eigenvalue weighted by molar-refractivity contribution is 7.80. The Hall–Kier alpha value is -3.45. The van der Waals surface area contributed by atoms with E-state index in [1.807, 2.05) is 26.0 Å². The van der Waals surface area contributed by atoms with Gasteiger partial charge in [-0.1, -0.05) is 12.1 Å². The van der Waals surface area contributed by atoms with Crippen molar-refractivity contribution in [3.63, 3.8) is 0 Å². The Morgan fingerprint density at radius 2 is 1.61 bits per heavy atom. The van der Waals surface area contributed by atoms with Crippen LogP contribution in [0, 0.1) is 13.8 Å². The number of aryl methyl sites for hydroxylation is 2. The molecular formula is C21H19N3O3S. The van der Waals surface area contributed by atoms with Gasteiger partial charge >= 0.3 is 0 Å². The number of anilines is 2. The third-order valence-electron chi connectivity index (χ3n) is 4.12. The summed E-state index contributed by atoms with van der Waals surface area (Å²) < 4.78 is 5.07. The van der Waals surface area contributed by atoms with Crippen LogP contribution in [0.5, 0.6) is 0 Å². The first-order valence-corrected chi connectivity index (χ1v) is 8.98. The molecule has 2 amide bonds. The highest BCUT2D eigenvalue weighted by atomic mass is 32.1. The largest absolute Gasteiger partial charge is 0.459 e. The number of rotatable bonds is 4. The summed E-state index contributed by atoms with van der Waals surface area (Å²) in [7, 11) is 0. The first-order valence-electron chi connectivity index (χ1n) is 8.57. The van der Waals surface area contributed by atoms with Crippen molar-refractivity contribution in [3.05, 3.63) is 83.3 Å². The van der Waals surface area contributed by atoms with E-state index >= 15 is 0 Å². The molecule has 3 N–H and O–H groups in total. The van der Waals surface area contributed by atoms with E-state index in [2.05, 4.69) is 16.0 Å². The summed E-state index contributed by atoms with van der Waals surface area (Å²) in [5.74, 6) is -0.426. The summed E-state index contributed by atoms with van der Waals surface area (Å²) in [6.07, 6.45) is 1.43. The molecule has 2 aromatic carbocycles. The maximum Gasteiger partial charge on any atom is 0.291 e. The summed E-state index contributed by atoms with van der Waals surface area (Å²) in [5.41, 5.74) is 3.88. The lowest BCUT2D eigenvalue weighted by Crippen LogP contribution is -2.34.